The number of nitrogens with zero attached hydrogens (tertiary/aromatic N) is 3. The SMILES string of the molecule is CCCCCCCCCOc1ccc(N=[N+]=[N-])cc1. The molecular weight excluding hydrogens is 238 g/mol. The zero-order chi connectivity index (χ0) is 13.8. The fourth-order valence-electron chi connectivity index (χ4n) is 1.91. The van der Waals surface area contributed by atoms with Crippen molar-refractivity contribution >= 4 is 5.69 Å². The first-order chi connectivity index (χ1) is 9.36. The molecule has 19 heavy (non-hydrogen) atoms. The van der Waals surface area contributed by atoms with Gasteiger partial charge in [-0.05, 0) is 36.2 Å². The van der Waals surface area contributed by atoms with Gasteiger partial charge in [-0.25, -0.2) is 0 Å². The van der Waals surface area contributed by atoms with Crippen LogP contribution in [0.2, 0.25) is 0 Å². The van der Waals surface area contributed by atoms with Crippen molar-refractivity contribution in [3.63, 3.8) is 0 Å². The Morgan fingerprint density at radius 1 is 1.00 bits per heavy atom. The van der Waals surface area contributed by atoms with Crippen LogP contribution in [0.4, 0.5) is 5.69 Å². The van der Waals surface area contributed by atoms with Crippen LogP contribution in [0.3, 0.4) is 0 Å². The Hall–Kier alpha value is -1.67. The summed E-state index contributed by atoms with van der Waals surface area (Å²) in [6, 6.07) is 7.20. The third kappa shape index (κ3) is 7.37. The van der Waals surface area contributed by atoms with E-state index in [-0.39, 0.29) is 0 Å². The molecule has 104 valence electrons. The highest BCUT2D eigenvalue weighted by molar-refractivity contribution is 5.40. The lowest BCUT2D eigenvalue weighted by Gasteiger charge is -2.06. The number of ether oxygens (including phenoxy) is 1. The van der Waals surface area contributed by atoms with Gasteiger partial charge in [0.25, 0.3) is 0 Å². The summed E-state index contributed by atoms with van der Waals surface area (Å²) in [6.45, 7) is 3.00. The summed E-state index contributed by atoms with van der Waals surface area (Å²) >= 11 is 0. The van der Waals surface area contributed by atoms with E-state index in [1.54, 1.807) is 12.1 Å². The maximum Gasteiger partial charge on any atom is 0.119 e. The molecule has 0 aromatic heterocycles. The van der Waals surface area contributed by atoms with Gasteiger partial charge in [-0.2, -0.15) is 0 Å². The molecule has 0 saturated carbocycles. The molecule has 0 N–H and O–H groups in total. The van der Waals surface area contributed by atoms with E-state index >= 15 is 0 Å². The Labute approximate surface area is 115 Å². The van der Waals surface area contributed by atoms with E-state index in [0.29, 0.717) is 5.69 Å². The van der Waals surface area contributed by atoms with Crippen molar-refractivity contribution in [3.8, 4) is 5.75 Å². The van der Waals surface area contributed by atoms with Crippen molar-refractivity contribution < 1.29 is 4.74 Å². The Balaban J connectivity index is 2.07. The predicted octanol–water partition coefficient (Wildman–Crippen LogP) is 5.76. The van der Waals surface area contributed by atoms with Crippen molar-refractivity contribution in [2.45, 2.75) is 51.9 Å². The fourth-order valence-corrected chi connectivity index (χ4v) is 1.91. The number of benzene rings is 1. The molecule has 0 saturated heterocycles. The summed E-state index contributed by atoms with van der Waals surface area (Å²) in [5.74, 6) is 0.836. The van der Waals surface area contributed by atoms with Crippen molar-refractivity contribution in [2.24, 2.45) is 5.11 Å². The lowest BCUT2D eigenvalue weighted by Crippen LogP contribution is -1.96. The average molecular weight is 261 g/mol. The van der Waals surface area contributed by atoms with E-state index in [4.69, 9.17) is 10.3 Å². The molecule has 1 rings (SSSR count). The number of azide groups is 1. The van der Waals surface area contributed by atoms with Gasteiger partial charge in [-0.15, -0.1) is 0 Å². The van der Waals surface area contributed by atoms with E-state index in [1.807, 2.05) is 12.1 Å². The van der Waals surface area contributed by atoms with Gasteiger partial charge in [0, 0.05) is 10.6 Å². The molecule has 0 radical (unpaired) electrons. The summed E-state index contributed by atoms with van der Waals surface area (Å²) in [5.41, 5.74) is 8.91. The Morgan fingerprint density at radius 2 is 1.63 bits per heavy atom. The summed E-state index contributed by atoms with van der Waals surface area (Å²) < 4.78 is 5.63. The molecule has 1 aromatic carbocycles. The van der Waals surface area contributed by atoms with Crippen LogP contribution in [-0.4, -0.2) is 6.61 Å². The smallest absolute Gasteiger partial charge is 0.119 e. The van der Waals surface area contributed by atoms with Crippen LogP contribution in [0, 0.1) is 0 Å². The normalized spacial score (nSPS) is 9.95. The van der Waals surface area contributed by atoms with E-state index in [2.05, 4.69) is 16.9 Å². The van der Waals surface area contributed by atoms with Gasteiger partial charge < -0.3 is 4.74 Å². The largest absolute Gasteiger partial charge is 0.494 e. The van der Waals surface area contributed by atoms with Gasteiger partial charge in [0.2, 0.25) is 0 Å². The average Bonchev–Trinajstić information content (AvgIpc) is 2.44. The molecule has 0 bridgehead atoms. The first-order valence-electron chi connectivity index (χ1n) is 7.14. The van der Waals surface area contributed by atoms with Crippen molar-refractivity contribution in [1.82, 2.24) is 0 Å². The second-order valence-electron chi connectivity index (χ2n) is 4.65. The standard InChI is InChI=1S/C15H23N3O/c1-2-3-4-5-6-7-8-13-19-15-11-9-14(10-12-15)17-18-16/h9-12H,2-8,13H2,1H3. The predicted molar refractivity (Wildman–Crippen MR) is 78.7 cm³/mol. The number of unbranched alkanes of at least 4 members (excludes halogenated alkanes) is 6. The zero-order valence-corrected chi connectivity index (χ0v) is 11.7. The van der Waals surface area contributed by atoms with Gasteiger partial charge >= 0.3 is 0 Å². The van der Waals surface area contributed by atoms with Crippen LogP contribution in [0.15, 0.2) is 29.4 Å². The molecule has 0 spiro atoms. The van der Waals surface area contributed by atoms with Gasteiger partial charge in [-0.3, -0.25) is 0 Å². The van der Waals surface area contributed by atoms with Gasteiger partial charge in [0.1, 0.15) is 5.75 Å². The quantitative estimate of drug-likeness (QED) is 0.229. The minimum absolute atomic E-state index is 0.616. The highest BCUT2D eigenvalue weighted by Crippen LogP contribution is 2.18. The first kappa shape index (κ1) is 15.4. The van der Waals surface area contributed by atoms with E-state index in [0.717, 1.165) is 18.8 Å². The minimum atomic E-state index is 0.616. The molecule has 1 aromatic rings. The summed E-state index contributed by atoms with van der Waals surface area (Å²) in [6.07, 6.45) is 9.00. The number of rotatable bonds is 10. The van der Waals surface area contributed by atoms with Crippen LogP contribution < -0.4 is 4.74 Å². The molecule has 0 unspecified atom stereocenters. The third-order valence-electron chi connectivity index (χ3n) is 3.01. The molecule has 0 aliphatic heterocycles. The van der Waals surface area contributed by atoms with E-state index in [1.165, 1.54) is 38.5 Å². The van der Waals surface area contributed by atoms with E-state index < -0.39 is 0 Å². The van der Waals surface area contributed by atoms with Gasteiger partial charge in [0.15, 0.2) is 0 Å². The Kier molecular flexibility index (Phi) is 8.32. The van der Waals surface area contributed by atoms with Crippen LogP contribution in [0.25, 0.3) is 10.4 Å². The summed E-state index contributed by atoms with van der Waals surface area (Å²) in [4.78, 5) is 2.74. The zero-order valence-electron chi connectivity index (χ0n) is 11.7. The molecule has 0 atom stereocenters. The topological polar surface area (TPSA) is 58.0 Å². The Bertz CT molecular complexity index is 383. The van der Waals surface area contributed by atoms with Crippen LogP contribution in [0.1, 0.15) is 51.9 Å². The molecule has 4 nitrogen and oxygen atoms in total. The van der Waals surface area contributed by atoms with E-state index in [9.17, 15) is 0 Å². The second-order valence-corrected chi connectivity index (χ2v) is 4.65. The molecule has 4 heteroatoms. The molecule has 0 fully saturated rings. The summed E-state index contributed by atoms with van der Waals surface area (Å²) in [7, 11) is 0. The number of hydrogen-bond acceptors (Lipinski definition) is 2. The van der Waals surface area contributed by atoms with Crippen molar-refractivity contribution in [1.29, 1.82) is 0 Å². The van der Waals surface area contributed by atoms with Gasteiger partial charge in [0.05, 0.1) is 6.61 Å². The summed E-state index contributed by atoms with van der Waals surface area (Å²) in [5, 5.41) is 3.52. The van der Waals surface area contributed by atoms with Gasteiger partial charge in [-0.1, -0.05) is 50.6 Å². The minimum Gasteiger partial charge on any atom is -0.494 e. The van der Waals surface area contributed by atoms with Crippen LogP contribution >= 0.6 is 0 Å². The van der Waals surface area contributed by atoms with Crippen LogP contribution in [0.5, 0.6) is 5.75 Å². The first-order valence-corrected chi connectivity index (χ1v) is 7.14. The maximum atomic E-state index is 8.29. The lowest BCUT2D eigenvalue weighted by molar-refractivity contribution is 0.304. The van der Waals surface area contributed by atoms with Crippen molar-refractivity contribution in [2.75, 3.05) is 6.61 Å². The molecule has 0 aliphatic rings. The molecule has 0 heterocycles. The van der Waals surface area contributed by atoms with Crippen molar-refractivity contribution in [3.05, 3.63) is 34.7 Å². The maximum absolute atomic E-state index is 8.29. The molecular formula is C15H23N3O. The highest BCUT2D eigenvalue weighted by atomic mass is 16.5. The number of hydrogen-bond donors (Lipinski definition) is 0. The van der Waals surface area contributed by atoms with Crippen LogP contribution in [-0.2, 0) is 0 Å². The third-order valence-corrected chi connectivity index (χ3v) is 3.01. The Morgan fingerprint density at radius 3 is 2.26 bits per heavy atom. The lowest BCUT2D eigenvalue weighted by atomic mass is 10.1. The second kappa shape index (κ2) is 10.3. The molecule has 0 amide bonds. The fraction of sp³-hybridized carbons (Fsp3) is 0.600. The molecule has 0 aliphatic carbocycles. The highest BCUT2D eigenvalue weighted by Gasteiger charge is 1.95. The monoisotopic (exact) mass is 261 g/mol.